The molecule has 1 atom stereocenters. The van der Waals surface area contributed by atoms with Crippen LogP contribution in [0, 0.1) is 10.1 Å². The zero-order valence-electron chi connectivity index (χ0n) is 12.4. The van der Waals surface area contributed by atoms with Gasteiger partial charge in [0.2, 0.25) is 0 Å². The average molecular weight is 340 g/mol. The molecule has 1 aliphatic rings. The quantitative estimate of drug-likeness (QED) is 0.647. The number of sulfonamides is 1. The van der Waals surface area contributed by atoms with Gasteiger partial charge in [0.15, 0.2) is 4.90 Å². The third-order valence-corrected chi connectivity index (χ3v) is 4.70. The number of carbonyl (C=O) groups is 1. The molecule has 1 N–H and O–H groups in total. The summed E-state index contributed by atoms with van der Waals surface area (Å²) < 4.78 is 26.4. The molecule has 1 aromatic rings. The van der Waals surface area contributed by atoms with Crippen molar-refractivity contribution in [3.05, 3.63) is 34.4 Å². The van der Waals surface area contributed by atoms with E-state index in [1.165, 1.54) is 18.3 Å². The highest BCUT2D eigenvalue weighted by Crippen LogP contribution is 2.23. The molecule has 0 saturated carbocycles. The number of nitrogens with one attached hydrogen (secondary N) is 1. The fourth-order valence-electron chi connectivity index (χ4n) is 2.29. The largest absolute Gasteiger partial charge is 0.351 e. The summed E-state index contributed by atoms with van der Waals surface area (Å²) in [7, 11) is -4.37. The van der Waals surface area contributed by atoms with Crippen molar-refractivity contribution < 1.29 is 18.1 Å². The second-order valence-corrected chi connectivity index (χ2v) is 6.61. The normalized spacial score (nSPS) is 17.3. The number of amides is 2. The van der Waals surface area contributed by atoms with Gasteiger partial charge in [-0.1, -0.05) is 25.5 Å². The second-order valence-electron chi connectivity index (χ2n) is 4.96. The molecule has 0 spiro atoms. The Hall–Kier alpha value is -2.49. The van der Waals surface area contributed by atoms with Gasteiger partial charge in [-0.25, -0.2) is 22.9 Å². The van der Waals surface area contributed by atoms with Gasteiger partial charge >= 0.3 is 6.03 Å². The fraction of sp³-hybridized carbons (Fsp3) is 0.385. The van der Waals surface area contributed by atoms with Crippen molar-refractivity contribution >= 4 is 28.0 Å². The maximum Gasteiger partial charge on any atom is 0.351 e. The molecule has 2 amide bonds. The lowest BCUT2D eigenvalue weighted by molar-refractivity contribution is -0.387. The lowest BCUT2D eigenvalue weighted by atomic mass is 10.1. The average Bonchev–Trinajstić information content (AvgIpc) is 2.95. The Labute approximate surface area is 133 Å². The SMILES string of the molecule is CCCC1CC=NN1C(=O)NS(=O)(=O)c1ccccc1[N+](=O)[O-]. The van der Waals surface area contributed by atoms with E-state index in [1.807, 2.05) is 11.6 Å². The molecule has 10 heteroatoms. The van der Waals surface area contributed by atoms with E-state index in [2.05, 4.69) is 5.10 Å². The molecule has 124 valence electrons. The molecular formula is C13H16N4O5S. The van der Waals surface area contributed by atoms with Crippen molar-refractivity contribution in [3.63, 3.8) is 0 Å². The highest BCUT2D eigenvalue weighted by atomic mass is 32.2. The molecule has 1 aromatic carbocycles. The topological polar surface area (TPSA) is 122 Å². The summed E-state index contributed by atoms with van der Waals surface area (Å²) >= 11 is 0. The van der Waals surface area contributed by atoms with E-state index in [-0.39, 0.29) is 6.04 Å². The molecule has 0 fully saturated rings. The first-order valence-corrected chi connectivity index (χ1v) is 8.47. The first-order chi connectivity index (χ1) is 10.9. The van der Waals surface area contributed by atoms with Crippen LogP contribution >= 0.6 is 0 Å². The maximum atomic E-state index is 12.3. The third-order valence-electron chi connectivity index (χ3n) is 3.33. The molecule has 1 unspecified atom stereocenters. The predicted molar refractivity (Wildman–Crippen MR) is 82.5 cm³/mol. The molecule has 0 saturated heterocycles. The van der Waals surface area contributed by atoms with Crippen LogP contribution in [-0.4, -0.2) is 36.6 Å². The first kappa shape index (κ1) is 16.9. The lowest BCUT2D eigenvalue weighted by Crippen LogP contribution is -2.43. The predicted octanol–water partition coefficient (Wildman–Crippen LogP) is 1.85. The third kappa shape index (κ3) is 3.65. The zero-order valence-corrected chi connectivity index (χ0v) is 13.2. The number of para-hydroxylation sites is 1. The highest BCUT2D eigenvalue weighted by Gasteiger charge is 2.32. The van der Waals surface area contributed by atoms with E-state index < -0.39 is 31.6 Å². The van der Waals surface area contributed by atoms with Crippen LogP contribution in [0.3, 0.4) is 0 Å². The minimum atomic E-state index is -4.37. The van der Waals surface area contributed by atoms with Gasteiger partial charge in [0.1, 0.15) is 0 Å². The number of hydrazone groups is 1. The van der Waals surface area contributed by atoms with Crippen LogP contribution in [0.2, 0.25) is 0 Å². The number of urea groups is 1. The minimum Gasteiger partial charge on any atom is -0.258 e. The smallest absolute Gasteiger partial charge is 0.258 e. The van der Waals surface area contributed by atoms with Crippen molar-refractivity contribution in [1.82, 2.24) is 9.73 Å². The van der Waals surface area contributed by atoms with Crippen LogP contribution in [0.5, 0.6) is 0 Å². The molecule has 0 radical (unpaired) electrons. The summed E-state index contributed by atoms with van der Waals surface area (Å²) in [6.07, 6.45) is 3.58. The van der Waals surface area contributed by atoms with Gasteiger partial charge in [0.25, 0.3) is 15.7 Å². The Kier molecular flexibility index (Phi) is 4.94. The van der Waals surface area contributed by atoms with Gasteiger partial charge in [-0.05, 0) is 12.5 Å². The second kappa shape index (κ2) is 6.73. The van der Waals surface area contributed by atoms with Crippen molar-refractivity contribution in [2.75, 3.05) is 0 Å². The standard InChI is InChI=1S/C13H16N4O5S/c1-2-5-10-8-9-14-16(10)13(18)15-23(21,22)12-7-4-3-6-11(12)17(19)20/h3-4,6-7,9-10H,2,5,8H2,1H3,(H,15,18). The molecular weight excluding hydrogens is 324 g/mol. The number of hydrogen-bond donors (Lipinski definition) is 1. The van der Waals surface area contributed by atoms with Crippen LogP contribution < -0.4 is 4.72 Å². The molecule has 9 nitrogen and oxygen atoms in total. The molecule has 1 heterocycles. The van der Waals surface area contributed by atoms with Gasteiger partial charge in [0, 0.05) is 18.7 Å². The van der Waals surface area contributed by atoms with Crippen molar-refractivity contribution in [2.24, 2.45) is 5.10 Å². The summed E-state index contributed by atoms with van der Waals surface area (Å²) in [4.78, 5) is 21.7. The van der Waals surface area contributed by atoms with Crippen molar-refractivity contribution in [2.45, 2.75) is 37.1 Å². The van der Waals surface area contributed by atoms with Crippen LogP contribution in [-0.2, 0) is 10.0 Å². The number of nitro benzene ring substituents is 1. The van der Waals surface area contributed by atoms with Gasteiger partial charge in [0.05, 0.1) is 11.0 Å². The lowest BCUT2D eigenvalue weighted by Gasteiger charge is -2.21. The summed E-state index contributed by atoms with van der Waals surface area (Å²) in [6, 6.07) is 3.70. The summed E-state index contributed by atoms with van der Waals surface area (Å²) in [6.45, 7) is 1.94. The summed E-state index contributed by atoms with van der Waals surface area (Å²) in [5.74, 6) is 0. The summed E-state index contributed by atoms with van der Waals surface area (Å²) in [5, 5.41) is 15.9. The monoisotopic (exact) mass is 340 g/mol. The number of nitrogens with zero attached hydrogens (tertiary/aromatic N) is 3. The molecule has 0 aliphatic carbocycles. The fourth-order valence-corrected chi connectivity index (χ4v) is 3.40. The Bertz CT molecular complexity index is 746. The highest BCUT2D eigenvalue weighted by molar-refractivity contribution is 7.90. The number of benzene rings is 1. The van der Waals surface area contributed by atoms with Gasteiger partial charge in [-0.3, -0.25) is 10.1 Å². The van der Waals surface area contributed by atoms with Gasteiger partial charge in [-0.2, -0.15) is 5.10 Å². The Morgan fingerprint density at radius 1 is 1.48 bits per heavy atom. The van der Waals surface area contributed by atoms with E-state index in [9.17, 15) is 23.3 Å². The van der Waals surface area contributed by atoms with Crippen molar-refractivity contribution in [3.8, 4) is 0 Å². The minimum absolute atomic E-state index is 0.207. The number of carbonyl (C=O) groups excluding carboxylic acids is 1. The van der Waals surface area contributed by atoms with Gasteiger partial charge < -0.3 is 0 Å². The van der Waals surface area contributed by atoms with E-state index in [0.29, 0.717) is 12.8 Å². The van der Waals surface area contributed by atoms with E-state index >= 15 is 0 Å². The molecule has 0 bridgehead atoms. The molecule has 23 heavy (non-hydrogen) atoms. The van der Waals surface area contributed by atoms with E-state index in [4.69, 9.17) is 0 Å². The Morgan fingerprint density at radius 3 is 2.83 bits per heavy atom. The number of nitro groups is 1. The van der Waals surface area contributed by atoms with Crippen molar-refractivity contribution in [1.29, 1.82) is 0 Å². The number of rotatable bonds is 5. The van der Waals surface area contributed by atoms with Crippen LogP contribution in [0.1, 0.15) is 26.2 Å². The maximum absolute atomic E-state index is 12.3. The zero-order chi connectivity index (χ0) is 17.0. The van der Waals surface area contributed by atoms with Crippen LogP contribution in [0.4, 0.5) is 10.5 Å². The molecule has 0 aromatic heterocycles. The van der Waals surface area contributed by atoms with Crippen LogP contribution in [0.15, 0.2) is 34.3 Å². The number of hydrogen-bond acceptors (Lipinski definition) is 6. The Balaban J connectivity index is 2.23. The molecule has 2 rings (SSSR count). The Morgan fingerprint density at radius 2 is 2.17 bits per heavy atom. The molecule has 1 aliphatic heterocycles. The van der Waals surface area contributed by atoms with E-state index in [0.717, 1.165) is 23.6 Å². The summed E-state index contributed by atoms with van der Waals surface area (Å²) in [5.41, 5.74) is -0.595. The van der Waals surface area contributed by atoms with Gasteiger partial charge in [-0.15, -0.1) is 0 Å². The van der Waals surface area contributed by atoms with E-state index in [1.54, 1.807) is 0 Å². The van der Waals surface area contributed by atoms with Crippen LogP contribution in [0.25, 0.3) is 0 Å². The first-order valence-electron chi connectivity index (χ1n) is 6.98.